The van der Waals surface area contributed by atoms with Gasteiger partial charge in [0.05, 0.1) is 13.2 Å². The smallest absolute Gasteiger partial charge is 0.126 e. The van der Waals surface area contributed by atoms with Crippen molar-refractivity contribution >= 4 is 21.8 Å². The van der Waals surface area contributed by atoms with Crippen molar-refractivity contribution in [1.29, 1.82) is 0 Å². The van der Waals surface area contributed by atoms with E-state index < -0.39 is 0 Å². The molecule has 1 aromatic carbocycles. The van der Waals surface area contributed by atoms with Gasteiger partial charge in [0.2, 0.25) is 0 Å². The van der Waals surface area contributed by atoms with Gasteiger partial charge in [-0.3, -0.25) is 4.99 Å². The van der Waals surface area contributed by atoms with Crippen LogP contribution < -0.4 is 5.73 Å². The molecule has 0 amide bonds. The monoisotopic (exact) mass is 256 g/mol. The summed E-state index contributed by atoms with van der Waals surface area (Å²) in [6.07, 6.45) is 0. The molecule has 0 fully saturated rings. The third-order valence-electron chi connectivity index (χ3n) is 1.73. The van der Waals surface area contributed by atoms with E-state index in [2.05, 4.69) is 20.9 Å². The molecule has 0 aliphatic heterocycles. The molecule has 1 aromatic rings. The second kappa shape index (κ2) is 5.78. The van der Waals surface area contributed by atoms with Crippen LogP contribution in [0.3, 0.4) is 0 Å². The molecule has 0 spiro atoms. The zero-order valence-electron chi connectivity index (χ0n) is 8.03. The average molecular weight is 257 g/mol. The minimum atomic E-state index is 0.537. The van der Waals surface area contributed by atoms with Crippen LogP contribution in [0.5, 0.6) is 0 Å². The molecule has 0 aromatic heterocycles. The number of rotatable bonds is 4. The van der Waals surface area contributed by atoms with Gasteiger partial charge in [-0.2, -0.15) is 0 Å². The van der Waals surface area contributed by atoms with E-state index in [9.17, 15) is 0 Å². The maximum atomic E-state index is 5.80. The molecule has 0 aliphatic rings. The largest absolute Gasteiger partial charge is 0.383 e. The molecule has 0 heterocycles. The van der Waals surface area contributed by atoms with Crippen molar-refractivity contribution in [2.24, 2.45) is 10.7 Å². The lowest BCUT2D eigenvalue weighted by atomic mass is 10.2. The molecule has 0 radical (unpaired) electrons. The SMILES string of the molecule is COCCN=C(N)c1ccccc1Br. The van der Waals surface area contributed by atoms with Crippen LogP contribution in [-0.4, -0.2) is 26.1 Å². The summed E-state index contributed by atoms with van der Waals surface area (Å²) >= 11 is 3.41. The summed E-state index contributed by atoms with van der Waals surface area (Å²) in [7, 11) is 1.64. The fourth-order valence-corrected chi connectivity index (χ4v) is 1.50. The summed E-state index contributed by atoms with van der Waals surface area (Å²) in [5.74, 6) is 0.537. The molecular formula is C10H13BrN2O. The van der Waals surface area contributed by atoms with Gasteiger partial charge in [-0.15, -0.1) is 0 Å². The Kier molecular flexibility index (Phi) is 4.62. The predicted octanol–water partition coefficient (Wildman–Crippen LogP) is 1.80. The van der Waals surface area contributed by atoms with Crippen molar-refractivity contribution in [3.05, 3.63) is 34.3 Å². The Balaban J connectivity index is 2.73. The summed E-state index contributed by atoms with van der Waals surface area (Å²) < 4.78 is 5.84. The fourth-order valence-electron chi connectivity index (χ4n) is 1.01. The van der Waals surface area contributed by atoms with Gasteiger partial charge in [0.25, 0.3) is 0 Å². The molecule has 1 rings (SSSR count). The first kappa shape index (κ1) is 11.2. The topological polar surface area (TPSA) is 47.6 Å². The number of halogens is 1. The third kappa shape index (κ3) is 3.12. The first-order valence-electron chi connectivity index (χ1n) is 4.29. The Morgan fingerprint density at radius 1 is 1.50 bits per heavy atom. The predicted molar refractivity (Wildman–Crippen MR) is 61.6 cm³/mol. The van der Waals surface area contributed by atoms with Crippen LogP contribution in [0, 0.1) is 0 Å². The molecule has 76 valence electrons. The summed E-state index contributed by atoms with van der Waals surface area (Å²) in [5, 5.41) is 0. The summed E-state index contributed by atoms with van der Waals surface area (Å²) in [6.45, 7) is 1.18. The molecule has 3 nitrogen and oxygen atoms in total. The van der Waals surface area contributed by atoms with Gasteiger partial charge in [-0.25, -0.2) is 0 Å². The average Bonchev–Trinajstić information content (AvgIpc) is 2.18. The molecule has 0 saturated heterocycles. The number of aliphatic imine (C=N–C) groups is 1. The quantitative estimate of drug-likeness (QED) is 0.508. The highest BCUT2D eigenvalue weighted by atomic mass is 79.9. The number of hydrogen-bond donors (Lipinski definition) is 1. The van der Waals surface area contributed by atoms with E-state index in [1.807, 2.05) is 24.3 Å². The fraction of sp³-hybridized carbons (Fsp3) is 0.300. The zero-order chi connectivity index (χ0) is 10.4. The third-order valence-corrected chi connectivity index (χ3v) is 2.42. The van der Waals surface area contributed by atoms with Gasteiger partial charge in [0.15, 0.2) is 0 Å². The number of hydrogen-bond acceptors (Lipinski definition) is 2. The van der Waals surface area contributed by atoms with E-state index in [0.29, 0.717) is 19.0 Å². The molecule has 0 atom stereocenters. The summed E-state index contributed by atoms with van der Waals surface area (Å²) in [4.78, 5) is 4.18. The van der Waals surface area contributed by atoms with Gasteiger partial charge in [0.1, 0.15) is 5.84 Å². The first-order chi connectivity index (χ1) is 6.75. The maximum Gasteiger partial charge on any atom is 0.126 e. The Hall–Kier alpha value is -0.870. The minimum absolute atomic E-state index is 0.537. The molecular weight excluding hydrogens is 244 g/mol. The van der Waals surface area contributed by atoms with Crippen molar-refractivity contribution in [2.45, 2.75) is 0 Å². The van der Waals surface area contributed by atoms with E-state index in [1.165, 1.54) is 0 Å². The van der Waals surface area contributed by atoms with E-state index in [4.69, 9.17) is 10.5 Å². The number of ether oxygens (including phenoxy) is 1. The Morgan fingerprint density at radius 2 is 2.21 bits per heavy atom. The number of benzene rings is 1. The number of methoxy groups -OCH3 is 1. The van der Waals surface area contributed by atoms with Crippen LogP contribution in [0.4, 0.5) is 0 Å². The highest BCUT2D eigenvalue weighted by molar-refractivity contribution is 9.10. The highest BCUT2D eigenvalue weighted by Crippen LogP contribution is 2.15. The molecule has 2 N–H and O–H groups in total. The molecule has 0 saturated carbocycles. The number of nitrogens with zero attached hydrogens (tertiary/aromatic N) is 1. The van der Waals surface area contributed by atoms with Crippen LogP contribution in [-0.2, 0) is 4.74 Å². The van der Waals surface area contributed by atoms with Crippen LogP contribution in [0.1, 0.15) is 5.56 Å². The lowest BCUT2D eigenvalue weighted by Gasteiger charge is -2.03. The summed E-state index contributed by atoms with van der Waals surface area (Å²) in [6, 6.07) is 7.73. The van der Waals surface area contributed by atoms with E-state index >= 15 is 0 Å². The van der Waals surface area contributed by atoms with Crippen LogP contribution in [0.25, 0.3) is 0 Å². The number of amidine groups is 1. The molecule has 0 unspecified atom stereocenters. The zero-order valence-corrected chi connectivity index (χ0v) is 9.62. The van der Waals surface area contributed by atoms with Crippen molar-refractivity contribution in [1.82, 2.24) is 0 Å². The van der Waals surface area contributed by atoms with Crippen molar-refractivity contribution in [2.75, 3.05) is 20.3 Å². The maximum absolute atomic E-state index is 5.80. The van der Waals surface area contributed by atoms with E-state index in [0.717, 1.165) is 10.0 Å². The second-order valence-electron chi connectivity index (χ2n) is 2.74. The molecule has 0 bridgehead atoms. The van der Waals surface area contributed by atoms with Crippen LogP contribution >= 0.6 is 15.9 Å². The van der Waals surface area contributed by atoms with Gasteiger partial charge in [0, 0.05) is 17.1 Å². The molecule has 0 aliphatic carbocycles. The number of nitrogens with two attached hydrogens (primary N) is 1. The van der Waals surface area contributed by atoms with Crippen LogP contribution in [0.15, 0.2) is 33.7 Å². The van der Waals surface area contributed by atoms with Gasteiger partial charge >= 0.3 is 0 Å². The molecule has 4 heteroatoms. The second-order valence-corrected chi connectivity index (χ2v) is 3.59. The lowest BCUT2D eigenvalue weighted by molar-refractivity contribution is 0.208. The van der Waals surface area contributed by atoms with E-state index in [-0.39, 0.29) is 0 Å². The van der Waals surface area contributed by atoms with Gasteiger partial charge < -0.3 is 10.5 Å². The Morgan fingerprint density at radius 3 is 2.86 bits per heavy atom. The Labute approximate surface area is 92.1 Å². The van der Waals surface area contributed by atoms with E-state index in [1.54, 1.807) is 7.11 Å². The van der Waals surface area contributed by atoms with Crippen molar-refractivity contribution in [3.8, 4) is 0 Å². The van der Waals surface area contributed by atoms with Crippen molar-refractivity contribution in [3.63, 3.8) is 0 Å². The Bertz CT molecular complexity index is 326. The van der Waals surface area contributed by atoms with Gasteiger partial charge in [-0.05, 0) is 6.07 Å². The summed E-state index contributed by atoms with van der Waals surface area (Å²) in [5.41, 5.74) is 6.72. The van der Waals surface area contributed by atoms with Crippen molar-refractivity contribution < 1.29 is 4.74 Å². The molecule has 14 heavy (non-hydrogen) atoms. The minimum Gasteiger partial charge on any atom is -0.383 e. The lowest BCUT2D eigenvalue weighted by Crippen LogP contribution is -2.15. The van der Waals surface area contributed by atoms with Gasteiger partial charge in [-0.1, -0.05) is 34.1 Å². The highest BCUT2D eigenvalue weighted by Gasteiger charge is 2.01. The normalized spacial score (nSPS) is 11.7. The standard InChI is InChI=1S/C10H13BrN2O/c1-14-7-6-13-10(12)8-4-2-3-5-9(8)11/h2-5H,6-7H2,1H3,(H2,12,13). The van der Waals surface area contributed by atoms with Crippen LogP contribution in [0.2, 0.25) is 0 Å². The first-order valence-corrected chi connectivity index (χ1v) is 5.08.